The Balaban J connectivity index is 1.20. The Labute approximate surface area is 201 Å². The largest absolute Gasteiger partial charge is 0.490 e. The summed E-state index contributed by atoms with van der Waals surface area (Å²) in [6.45, 7) is 11.0. The third-order valence-electron chi connectivity index (χ3n) is 5.80. The molecule has 1 fully saturated rings. The summed E-state index contributed by atoms with van der Waals surface area (Å²) in [5.74, 6) is 3.28. The van der Waals surface area contributed by atoms with Crippen LogP contribution in [-0.2, 0) is 13.0 Å². The molecule has 2 aliphatic rings. The van der Waals surface area contributed by atoms with Crippen molar-refractivity contribution in [2.75, 3.05) is 52.7 Å². The van der Waals surface area contributed by atoms with Gasteiger partial charge in [-0.05, 0) is 67.9 Å². The van der Waals surface area contributed by atoms with E-state index in [2.05, 4.69) is 39.4 Å². The summed E-state index contributed by atoms with van der Waals surface area (Å²) in [6, 6.07) is 12.3. The SMILES string of the molecule is CCOc1ccc(CCNC(=S)N2CCN(Cc3ccc4c(c3)OCO4)CC2)cc1OCC. The van der Waals surface area contributed by atoms with E-state index in [9.17, 15) is 0 Å². The molecular weight excluding hydrogens is 438 g/mol. The van der Waals surface area contributed by atoms with Crippen LogP contribution in [0.4, 0.5) is 0 Å². The Bertz CT molecular complexity index is 947. The van der Waals surface area contributed by atoms with E-state index in [0.29, 0.717) is 20.0 Å². The summed E-state index contributed by atoms with van der Waals surface area (Å²) in [6.07, 6.45) is 0.872. The van der Waals surface area contributed by atoms with Crippen LogP contribution in [0.1, 0.15) is 25.0 Å². The van der Waals surface area contributed by atoms with Gasteiger partial charge in [-0.25, -0.2) is 0 Å². The van der Waals surface area contributed by atoms with Gasteiger partial charge in [-0.15, -0.1) is 0 Å². The van der Waals surface area contributed by atoms with Crippen molar-refractivity contribution in [2.45, 2.75) is 26.8 Å². The third-order valence-corrected chi connectivity index (χ3v) is 6.20. The van der Waals surface area contributed by atoms with Crippen molar-refractivity contribution in [2.24, 2.45) is 0 Å². The van der Waals surface area contributed by atoms with Crippen LogP contribution in [-0.4, -0.2) is 67.6 Å². The average molecular weight is 472 g/mol. The highest BCUT2D eigenvalue weighted by Gasteiger charge is 2.20. The van der Waals surface area contributed by atoms with E-state index in [4.69, 9.17) is 31.2 Å². The summed E-state index contributed by atoms with van der Waals surface area (Å²) in [5, 5.41) is 4.25. The van der Waals surface area contributed by atoms with Crippen molar-refractivity contribution in [1.29, 1.82) is 0 Å². The van der Waals surface area contributed by atoms with Crippen LogP contribution < -0.4 is 24.3 Å². The second-order valence-electron chi connectivity index (χ2n) is 8.08. The molecule has 0 radical (unpaired) electrons. The predicted octanol–water partition coefficient (Wildman–Crippen LogP) is 3.45. The standard InChI is InChI=1S/C25H33N3O4S/c1-3-29-21-7-5-19(15-23(21)30-4-2)9-10-26-25(33)28-13-11-27(12-14-28)17-20-6-8-22-24(16-20)32-18-31-22/h5-8,15-16H,3-4,9-14,17-18H2,1-2H3,(H,26,33). The maximum Gasteiger partial charge on any atom is 0.231 e. The van der Waals surface area contributed by atoms with Crippen molar-refractivity contribution in [1.82, 2.24) is 15.1 Å². The smallest absolute Gasteiger partial charge is 0.231 e. The fraction of sp³-hybridized carbons (Fsp3) is 0.480. The van der Waals surface area contributed by atoms with E-state index < -0.39 is 0 Å². The molecule has 0 atom stereocenters. The highest BCUT2D eigenvalue weighted by Crippen LogP contribution is 2.33. The normalized spacial score (nSPS) is 15.4. The molecule has 7 nitrogen and oxygen atoms in total. The van der Waals surface area contributed by atoms with Gasteiger partial charge in [0, 0.05) is 39.3 Å². The topological polar surface area (TPSA) is 55.4 Å². The number of fused-ring (bicyclic) bond motifs is 1. The highest BCUT2D eigenvalue weighted by atomic mass is 32.1. The number of nitrogens with zero attached hydrogens (tertiary/aromatic N) is 2. The molecular formula is C25H33N3O4S. The van der Waals surface area contributed by atoms with Gasteiger partial charge in [-0.2, -0.15) is 0 Å². The first-order chi connectivity index (χ1) is 16.2. The number of hydrogen-bond donors (Lipinski definition) is 1. The lowest BCUT2D eigenvalue weighted by Gasteiger charge is -2.36. The summed E-state index contributed by atoms with van der Waals surface area (Å²) >= 11 is 5.66. The van der Waals surface area contributed by atoms with Gasteiger partial charge in [0.2, 0.25) is 6.79 Å². The van der Waals surface area contributed by atoms with E-state index in [1.807, 2.05) is 26.0 Å². The quantitative estimate of drug-likeness (QED) is 0.558. The predicted molar refractivity (Wildman–Crippen MR) is 132 cm³/mol. The minimum atomic E-state index is 0.314. The molecule has 1 saturated heterocycles. The molecule has 2 aliphatic heterocycles. The lowest BCUT2D eigenvalue weighted by atomic mass is 10.1. The first-order valence-corrected chi connectivity index (χ1v) is 12.1. The maximum absolute atomic E-state index is 5.73. The van der Waals surface area contributed by atoms with E-state index in [1.165, 1.54) is 11.1 Å². The lowest BCUT2D eigenvalue weighted by molar-refractivity contribution is 0.172. The fourth-order valence-corrected chi connectivity index (χ4v) is 4.37. The van der Waals surface area contributed by atoms with Crippen LogP contribution >= 0.6 is 12.2 Å². The van der Waals surface area contributed by atoms with Gasteiger partial charge in [0.05, 0.1) is 13.2 Å². The molecule has 0 aromatic heterocycles. The Kier molecular flexibility index (Phi) is 8.12. The molecule has 8 heteroatoms. The number of thiocarbonyl (C=S) groups is 1. The summed E-state index contributed by atoms with van der Waals surface area (Å²) in [7, 11) is 0. The second kappa shape index (κ2) is 11.4. The molecule has 0 saturated carbocycles. The molecule has 0 bridgehead atoms. The molecule has 178 valence electrons. The Hall–Kier alpha value is -2.71. The summed E-state index contributed by atoms with van der Waals surface area (Å²) in [5.41, 5.74) is 2.45. The average Bonchev–Trinajstić information content (AvgIpc) is 3.29. The zero-order chi connectivity index (χ0) is 23.0. The van der Waals surface area contributed by atoms with Gasteiger partial charge >= 0.3 is 0 Å². The van der Waals surface area contributed by atoms with Crippen LogP contribution in [0, 0.1) is 0 Å². The van der Waals surface area contributed by atoms with Gasteiger partial charge < -0.3 is 29.2 Å². The maximum atomic E-state index is 5.73. The molecule has 0 aliphatic carbocycles. The molecule has 2 aromatic rings. The molecule has 0 amide bonds. The van der Waals surface area contributed by atoms with E-state index >= 15 is 0 Å². The molecule has 2 aromatic carbocycles. The second-order valence-corrected chi connectivity index (χ2v) is 8.47. The van der Waals surface area contributed by atoms with Crippen LogP contribution in [0.3, 0.4) is 0 Å². The fourth-order valence-electron chi connectivity index (χ4n) is 4.08. The van der Waals surface area contributed by atoms with Crippen molar-refractivity contribution in [3.05, 3.63) is 47.5 Å². The van der Waals surface area contributed by atoms with Crippen LogP contribution in [0.15, 0.2) is 36.4 Å². The molecule has 1 N–H and O–H groups in total. The van der Waals surface area contributed by atoms with Crippen LogP contribution in [0.5, 0.6) is 23.0 Å². The summed E-state index contributed by atoms with van der Waals surface area (Å²) < 4.78 is 22.3. The monoisotopic (exact) mass is 471 g/mol. The van der Waals surface area contributed by atoms with Gasteiger partial charge in [0.25, 0.3) is 0 Å². The summed E-state index contributed by atoms with van der Waals surface area (Å²) in [4.78, 5) is 4.71. The van der Waals surface area contributed by atoms with E-state index in [-0.39, 0.29) is 0 Å². The van der Waals surface area contributed by atoms with E-state index in [1.54, 1.807) is 0 Å². The first kappa shape index (κ1) is 23.4. The van der Waals surface area contributed by atoms with Crippen LogP contribution in [0.25, 0.3) is 0 Å². The highest BCUT2D eigenvalue weighted by molar-refractivity contribution is 7.80. The molecule has 0 spiro atoms. The van der Waals surface area contributed by atoms with Gasteiger partial charge in [0.1, 0.15) is 0 Å². The van der Waals surface area contributed by atoms with Crippen LogP contribution in [0.2, 0.25) is 0 Å². The van der Waals surface area contributed by atoms with E-state index in [0.717, 1.165) is 73.8 Å². The zero-order valence-electron chi connectivity index (χ0n) is 19.5. The minimum Gasteiger partial charge on any atom is -0.490 e. The third kappa shape index (κ3) is 6.21. The zero-order valence-corrected chi connectivity index (χ0v) is 20.3. The van der Waals surface area contributed by atoms with Gasteiger partial charge in [-0.1, -0.05) is 12.1 Å². The van der Waals surface area contributed by atoms with Gasteiger partial charge in [0.15, 0.2) is 28.1 Å². The number of benzene rings is 2. The Morgan fingerprint density at radius 2 is 1.64 bits per heavy atom. The number of hydrogen-bond acceptors (Lipinski definition) is 6. The number of nitrogens with one attached hydrogen (secondary N) is 1. The first-order valence-electron chi connectivity index (χ1n) is 11.7. The Morgan fingerprint density at radius 1 is 0.909 bits per heavy atom. The minimum absolute atomic E-state index is 0.314. The van der Waals surface area contributed by atoms with Crippen molar-refractivity contribution in [3.63, 3.8) is 0 Å². The molecule has 2 heterocycles. The molecule has 33 heavy (non-hydrogen) atoms. The van der Waals surface area contributed by atoms with Crippen molar-refractivity contribution >= 4 is 17.3 Å². The lowest BCUT2D eigenvalue weighted by Crippen LogP contribution is -2.51. The number of ether oxygens (including phenoxy) is 4. The molecule has 4 rings (SSSR count). The Morgan fingerprint density at radius 3 is 2.42 bits per heavy atom. The number of piperazine rings is 1. The van der Waals surface area contributed by atoms with Crippen molar-refractivity contribution in [3.8, 4) is 23.0 Å². The number of rotatable bonds is 9. The molecule has 0 unspecified atom stereocenters. The van der Waals surface area contributed by atoms with Gasteiger partial charge in [-0.3, -0.25) is 4.90 Å². The van der Waals surface area contributed by atoms with Crippen molar-refractivity contribution < 1.29 is 18.9 Å².